The van der Waals surface area contributed by atoms with Gasteiger partial charge in [-0.3, -0.25) is 4.79 Å². The summed E-state index contributed by atoms with van der Waals surface area (Å²) < 4.78 is 5.17. The van der Waals surface area contributed by atoms with Crippen molar-refractivity contribution in [1.82, 2.24) is 4.90 Å². The number of rotatable bonds is 7. The van der Waals surface area contributed by atoms with Gasteiger partial charge in [0.25, 0.3) is 0 Å². The highest BCUT2D eigenvalue weighted by Crippen LogP contribution is 2.22. The molecule has 2 aromatic carbocycles. The summed E-state index contributed by atoms with van der Waals surface area (Å²) in [6.45, 7) is 7.28. The van der Waals surface area contributed by atoms with Crippen LogP contribution in [-0.4, -0.2) is 50.1 Å². The van der Waals surface area contributed by atoms with Gasteiger partial charge in [-0.15, -0.1) is 0 Å². The number of ether oxygens (including phenoxy) is 1. The van der Waals surface area contributed by atoms with Crippen molar-refractivity contribution < 1.29 is 14.3 Å². The number of nitrogens with one attached hydrogen (secondary N) is 2. The Hall–Kier alpha value is -3.22. The predicted molar refractivity (Wildman–Crippen MR) is 125 cm³/mol. The summed E-state index contributed by atoms with van der Waals surface area (Å²) in [6.07, 6.45) is 1.80. The van der Waals surface area contributed by atoms with Gasteiger partial charge >= 0.3 is 6.03 Å². The largest absolute Gasteiger partial charge is 0.497 e. The Balaban J connectivity index is 1.51. The molecule has 7 nitrogen and oxygen atoms in total. The summed E-state index contributed by atoms with van der Waals surface area (Å²) in [6, 6.07) is 14.7. The molecule has 1 saturated heterocycles. The third kappa shape index (κ3) is 5.90. The number of benzene rings is 2. The highest BCUT2D eigenvalue weighted by atomic mass is 16.5. The van der Waals surface area contributed by atoms with Crippen LogP contribution in [0.1, 0.15) is 26.7 Å². The summed E-state index contributed by atoms with van der Waals surface area (Å²) in [5, 5.41) is 5.64. The molecule has 0 bridgehead atoms. The van der Waals surface area contributed by atoms with Gasteiger partial charge in [0.2, 0.25) is 5.91 Å². The zero-order valence-electron chi connectivity index (χ0n) is 18.6. The molecule has 0 saturated carbocycles. The van der Waals surface area contributed by atoms with Gasteiger partial charge in [0.1, 0.15) is 5.75 Å². The monoisotopic (exact) mass is 424 g/mol. The van der Waals surface area contributed by atoms with Gasteiger partial charge < -0.3 is 25.2 Å². The average Bonchev–Trinajstić information content (AvgIpc) is 2.80. The molecule has 1 fully saturated rings. The number of urea groups is 1. The van der Waals surface area contributed by atoms with Gasteiger partial charge in [0.15, 0.2) is 0 Å². The molecule has 0 radical (unpaired) electrons. The Morgan fingerprint density at radius 2 is 1.58 bits per heavy atom. The van der Waals surface area contributed by atoms with Gasteiger partial charge in [0, 0.05) is 55.2 Å². The Labute approximate surface area is 184 Å². The molecule has 2 N–H and O–H groups in total. The van der Waals surface area contributed by atoms with Crippen LogP contribution in [0.15, 0.2) is 48.5 Å². The van der Waals surface area contributed by atoms with E-state index in [2.05, 4.69) is 29.4 Å². The first kappa shape index (κ1) is 22.5. The normalized spacial score (nSPS) is 13.8. The average molecular weight is 425 g/mol. The molecular weight excluding hydrogens is 392 g/mol. The molecule has 1 aliphatic rings. The predicted octanol–water partition coefficient (Wildman–Crippen LogP) is 4.42. The molecule has 1 heterocycles. The number of hydrogen-bond acceptors (Lipinski definition) is 4. The zero-order valence-corrected chi connectivity index (χ0v) is 18.6. The number of amides is 3. The minimum absolute atomic E-state index is 0.139. The van der Waals surface area contributed by atoms with Crippen LogP contribution in [0.4, 0.5) is 21.9 Å². The fourth-order valence-electron chi connectivity index (χ4n) is 3.83. The summed E-state index contributed by atoms with van der Waals surface area (Å²) in [7, 11) is 1.59. The third-order valence-corrected chi connectivity index (χ3v) is 5.74. The van der Waals surface area contributed by atoms with Crippen molar-refractivity contribution in [2.75, 3.05) is 48.8 Å². The second-order valence-corrected chi connectivity index (χ2v) is 7.68. The van der Waals surface area contributed by atoms with Crippen LogP contribution in [0, 0.1) is 5.92 Å². The van der Waals surface area contributed by atoms with Gasteiger partial charge in [-0.1, -0.05) is 19.9 Å². The molecule has 0 unspecified atom stereocenters. The molecular formula is C24H32N4O3. The SMILES string of the molecule is CCC(CC)C(=O)N1CCN(c2ccc(NC(=O)Nc3cccc(OC)c3)cc2)CC1. The van der Waals surface area contributed by atoms with Crippen LogP contribution in [0.5, 0.6) is 5.75 Å². The van der Waals surface area contributed by atoms with Crippen LogP contribution in [0.3, 0.4) is 0 Å². The summed E-state index contributed by atoms with van der Waals surface area (Å²) in [5.74, 6) is 1.11. The highest BCUT2D eigenvalue weighted by molar-refractivity contribution is 5.99. The first-order valence-corrected chi connectivity index (χ1v) is 10.9. The van der Waals surface area contributed by atoms with Crippen molar-refractivity contribution in [3.8, 4) is 5.75 Å². The third-order valence-electron chi connectivity index (χ3n) is 5.74. The van der Waals surface area contributed by atoms with Crippen molar-refractivity contribution in [3.63, 3.8) is 0 Å². The van der Waals surface area contributed by atoms with Crippen molar-refractivity contribution in [2.45, 2.75) is 26.7 Å². The molecule has 0 aromatic heterocycles. The van der Waals surface area contributed by atoms with Crippen molar-refractivity contribution in [1.29, 1.82) is 0 Å². The summed E-state index contributed by atoms with van der Waals surface area (Å²) in [4.78, 5) is 29.1. The minimum Gasteiger partial charge on any atom is -0.497 e. The highest BCUT2D eigenvalue weighted by Gasteiger charge is 2.25. The van der Waals surface area contributed by atoms with Crippen molar-refractivity contribution >= 4 is 29.0 Å². The molecule has 1 aliphatic heterocycles. The minimum atomic E-state index is -0.311. The van der Waals surface area contributed by atoms with Gasteiger partial charge in [0.05, 0.1) is 7.11 Å². The number of hydrogen-bond donors (Lipinski definition) is 2. The van der Waals surface area contributed by atoms with Gasteiger partial charge in [-0.05, 0) is 49.2 Å². The van der Waals surface area contributed by atoms with E-state index in [4.69, 9.17) is 4.74 Å². The van der Waals surface area contributed by atoms with Crippen molar-refractivity contribution in [3.05, 3.63) is 48.5 Å². The number of piperazine rings is 1. The molecule has 2 aromatic rings. The lowest BCUT2D eigenvalue weighted by Crippen LogP contribution is -2.50. The second-order valence-electron chi connectivity index (χ2n) is 7.68. The van der Waals surface area contributed by atoms with Crippen LogP contribution in [0.25, 0.3) is 0 Å². The smallest absolute Gasteiger partial charge is 0.323 e. The van der Waals surface area contributed by atoms with Gasteiger partial charge in [-0.2, -0.15) is 0 Å². The molecule has 3 amide bonds. The van der Waals surface area contributed by atoms with E-state index in [9.17, 15) is 9.59 Å². The number of methoxy groups -OCH3 is 1. The molecule has 31 heavy (non-hydrogen) atoms. The number of nitrogens with zero attached hydrogens (tertiary/aromatic N) is 2. The van der Waals surface area contributed by atoms with E-state index >= 15 is 0 Å². The molecule has 0 aliphatic carbocycles. The number of carbonyl (C=O) groups is 2. The first-order valence-electron chi connectivity index (χ1n) is 10.9. The maximum atomic E-state index is 12.6. The molecule has 3 rings (SSSR count). The lowest BCUT2D eigenvalue weighted by atomic mass is 10.0. The maximum Gasteiger partial charge on any atom is 0.323 e. The van der Waals surface area contributed by atoms with Crippen LogP contribution in [0.2, 0.25) is 0 Å². The fraction of sp³-hybridized carbons (Fsp3) is 0.417. The van der Waals surface area contributed by atoms with E-state index < -0.39 is 0 Å². The molecule has 0 spiro atoms. The second kappa shape index (κ2) is 10.7. The van der Waals surface area contributed by atoms with Crippen LogP contribution in [-0.2, 0) is 4.79 Å². The molecule has 166 valence electrons. The number of anilines is 3. The lowest BCUT2D eigenvalue weighted by Gasteiger charge is -2.37. The van der Waals surface area contributed by atoms with Crippen LogP contribution < -0.4 is 20.3 Å². The van der Waals surface area contributed by atoms with Crippen LogP contribution >= 0.6 is 0 Å². The zero-order chi connectivity index (χ0) is 22.2. The number of carbonyl (C=O) groups excluding carboxylic acids is 2. The lowest BCUT2D eigenvalue weighted by molar-refractivity contribution is -0.136. The standard InChI is InChI=1S/C24H32N4O3/c1-4-18(5-2)23(29)28-15-13-27(14-16-28)21-11-9-19(10-12-21)25-24(30)26-20-7-6-8-22(17-20)31-3/h6-12,17-18H,4-5,13-16H2,1-3H3,(H2,25,26,30). The Bertz CT molecular complexity index is 873. The Morgan fingerprint density at radius 1 is 0.935 bits per heavy atom. The fourth-order valence-corrected chi connectivity index (χ4v) is 3.83. The van der Waals surface area contributed by atoms with E-state index in [0.29, 0.717) is 17.1 Å². The first-order chi connectivity index (χ1) is 15.0. The van der Waals surface area contributed by atoms with E-state index in [0.717, 1.165) is 44.7 Å². The van der Waals surface area contributed by atoms with E-state index in [1.807, 2.05) is 41.3 Å². The Kier molecular flexibility index (Phi) is 7.76. The molecule has 7 heteroatoms. The molecule has 0 atom stereocenters. The van der Waals surface area contributed by atoms with E-state index in [1.54, 1.807) is 19.2 Å². The van der Waals surface area contributed by atoms with E-state index in [-0.39, 0.29) is 17.9 Å². The van der Waals surface area contributed by atoms with E-state index in [1.165, 1.54) is 0 Å². The van der Waals surface area contributed by atoms with Gasteiger partial charge in [-0.25, -0.2) is 4.79 Å². The quantitative estimate of drug-likeness (QED) is 0.690. The maximum absolute atomic E-state index is 12.6. The van der Waals surface area contributed by atoms with Crippen molar-refractivity contribution in [2.24, 2.45) is 5.92 Å². The summed E-state index contributed by atoms with van der Waals surface area (Å²) >= 11 is 0. The topological polar surface area (TPSA) is 73.9 Å². The summed E-state index contributed by atoms with van der Waals surface area (Å²) in [5.41, 5.74) is 2.47. The Morgan fingerprint density at radius 3 is 2.19 bits per heavy atom.